The SMILES string of the molecule is CNC(=S)N1CCn2cccc2C1c1cccc([N+](=O)[O-])c1. The maximum Gasteiger partial charge on any atom is 0.269 e. The lowest BCUT2D eigenvalue weighted by Crippen LogP contribution is -2.46. The van der Waals surface area contributed by atoms with E-state index in [-0.39, 0.29) is 16.7 Å². The van der Waals surface area contributed by atoms with E-state index >= 15 is 0 Å². The van der Waals surface area contributed by atoms with Gasteiger partial charge in [0.2, 0.25) is 0 Å². The Hall–Kier alpha value is -2.41. The third kappa shape index (κ3) is 2.43. The quantitative estimate of drug-likeness (QED) is 0.523. The Morgan fingerprint density at radius 3 is 2.91 bits per heavy atom. The molecule has 1 aromatic heterocycles. The minimum absolute atomic E-state index is 0.0940. The lowest BCUT2D eigenvalue weighted by atomic mass is 10.00. The summed E-state index contributed by atoms with van der Waals surface area (Å²) < 4.78 is 2.16. The average Bonchev–Trinajstić information content (AvgIpc) is 3.01. The number of nitrogens with zero attached hydrogens (tertiary/aromatic N) is 3. The highest BCUT2D eigenvalue weighted by Crippen LogP contribution is 2.33. The highest BCUT2D eigenvalue weighted by molar-refractivity contribution is 7.80. The molecule has 1 N–H and O–H groups in total. The van der Waals surface area contributed by atoms with E-state index in [0.717, 1.165) is 24.3 Å². The zero-order valence-electron chi connectivity index (χ0n) is 12.1. The van der Waals surface area contributed by atoms with Crippen LogP contribution in [0.25, 0.3) is 0 Å². The van der Waals surface area contributed by atoms with Crippen LogP contribution in [0.3, 0.4) is 0 Å². The number of hydrogen-bond donors (Lipinski definition) is 1. The normalized spacial score (nSPS) is 17.0. The number of non-ortho nitro benzene ring substituents is 1. The van der Waals surface area contributed by atoms with Crippen LogP contribution in [0.1, 0.15) is 17.3 Å². The van der Waals surface area contributed by atoms with E-state index in [2.05, 4.69) is 14.8 Å². The van der Waals surface area contributed by atoms with Crippen molar-refractivity contribution in [2.45, 2.75) is 12.6 Å². The molecule has 3 rings (SSSR count). The largest absolute Gasteiger partial charge is 0.366 e. The summed E-state index contributed by atoms with van der Waals surface area (Å²) in [7, 11) is 1.79. The zero-order chi connectivity index (χ0) is 15.7. The minimum Gasteiger partial charge on any atom is -0.366 e. The van der Waals surface area contributed by atoms with E-state index < -0.39 is 0 Å². The van der Waals surface area contributed by atoms with Crippen molar-refractivity contribution in [3.8, 4) is 0 Å². The van der Waals surface area contributed by atoms with Crippen molar-refractivity contribution in [1.82, 2.24) is 14.8 Å². The molecular weight excluding hydrogens is 300 g/mol. The van der Waals surface area contributed by atoms with Crippen molar-refractivity contribution in [3.63, 3.8) is 0 Å². The van der Waals surface area contributed by atoms with E-state index in [9.17, 15) is 10.1 Å². The second-order valence-corrected chi connectivity index (χ2v) is 5.52. The molecule has 2 aromatic rings. The molecule has 0 bridgehead atoms. The first kappa shape index (κ1) is 14.5. The maximum absolute atomic E-state index is 11.1. The Morgan fingerprint density at radius 1 is 1.36 bits per heavy atom. The highest BCUT2D eigenvalue weighted by atomic mass is 32.1. The number of nitro groups is 1. The van der Waals surface area contributed by atoms with E-state index in [1.807, 2.05) is 24.4 Å². The molecule has 1 aromatic carbocycles. The summed E-state index contributed by atoms with van der Waals surface area (Å²) >= 11 is 5.41. The molecule has 1 aliphatic rings. The fourth-order valence-corrected chi connectivity index (χ4v) is 3.10. The lowest BCUT2D eigenvalue weighted by Gasteiger charge is -2.38. The van der Waals surface area contributed by atoms with Gasteiger partial charge in [0.15, 0.2) is 5.11 Å². The van der Waals surface area contributed by atoms with Crippen molar-refractivity contribution in [2.75, 3.05) is 13.6 Å². The van der Waals surface area contributed by atoms with Gasteiger partial charge in [-0.1, -0.05) is 12.1 Å². The number of fused-ring (bicyclic) bond motifs is 1. The molecule has 114 valence electrons. The van der Waals surface area contributed by atoms with Crippen molar-refractivity contribution < 1.29 is 4.92 Å². The Kier molecular flexibility index (Phi) is 3.81. The molecule has 1 unspecified atom stereocenters. The second kappa shape index (κ2) is 5.76. The number of nitrogens with one attached hydrogen (secondary N) is 1. The van der Waals surface area contributed by atoms with Crippen molar-refractivity contribution in [2.24, 2.45) is 0 Å². The molecule has 2 heterocycles. The van der Waals surface area contributed by atoms with Crippen molar-refractivity contribution in [1.29, 1.82) is 0 Å². The fourth-order valence-electron chi connectivity index (χ4n) is 2.90. The number of nitro benzene ring substituents is 1. The average molecular weight is 316 g/mol. The van der Waals surface area contributed by atoms with Crippen LogP contribution in [0.5, 0.6) is 0 Å². The standard InChI is InChI=1S/C15H16N4O2S/c1-16-15(22)18-9-8-17-7-3-6-13(17)14(18)11-4-2-5-12(10-11)19(20)21/h2-7,10,14H,8-9H2,1H3,(H,16,22). The first-order chi connectivity index (χ1) is 10.6. The summed E-state index contributed by atoms with van der Waals surface area (Å²) in [4.78, 5) is 12.8. The second-order valence-electron chi connectivity index (χ2n) is 5.13. The zero-order valence-corrected chi connectivity index (χ0v) is 12.9. The van der Waals surface area contributed by atoms with Gasteiger partial charge in [0.25, 0.3) is 5.69 Å². The van der Waals surface area contributed by atoms with Crippen LogP contribution >= 0.6 is 12.2 Å². The molecule has 22 heavy (non-hydrogen) atoms. The van der Waals surface area contributed by atoms with Gasteiger partial charge in [-0.3, -0.25) is 10.1 Å². The molecule has 0 fully saturated rings. The lowest BCUT2D eigenvalue weighted by molar-refractivity contribution is -0.384. The number of rotatable bonds is 2. The molecule has 0 amide bonds. The van der Waals surface area contributed by atoms with Crippen LogP contribution in [0.2, 0.25) is 0 Å². The topological polar surface area (TPSA) is 63.3 Å². The smallest absolute Gasteiger partial charge is 0.269 e. The molecule has 0 spiro atoms. The molecule has 6 nitrogen and oxygen atoms in total. The first-order valence-corrected chi connectivity index (χ1v) is 7.40. The Morgan fingerprint density at radius 2 is 2.18 bits per heavy atom. The van der Waals surface area contributed by atoms with E-state index in [4.69, 9.17) is 12.2 Å². The van der Waals surface area contributed by atoms with Gasteiger partial charge in [0.05, 0.1) is 11.0 Å². The van der Waals surface area contributed by atoms with E-state index in [1.165, 1.54) is 6.07 Å². The molecule has 0 aliphatic carbocycles. The third-order valence-corrected chi connectivity index (χ3v) is 4.35. The van der Waals surface area contributed by atoms with Gasteiger partial charge in [-0.05, 0) is 29.9 Å². The first-order valence-electron chi connectivity index (χ1n) is 6.99. The number of benzene rings is 1. The van der Waals surface area contributed by atoms with Gasteiger partial charge < -0.3 is 14.8 Å². The van der Waals surface area contributed by atoms with Gasteiger partial charge in [-0.25, -0.2) is 0 Å². The summed E-state index contributed by atoms with van der Waals surface area (Å²) in [5.41, 5.74) is 2.05. The van der Waals surface area contributed by atoms with Gasteiger partial charge >= 0.3 is 0 Å². The Labute approximate surface area is 133 Å². The van der Waals surface area contributed by atoms with E-state index in [0.29, 0.717) is 5.11 Å². The molecule has 0 saturated carbocycles. The van der Waals surface area contributed by atoms with Crippen molar-refractivity contribution >= 4 is 23.0 Å². The Bertz CT molecular complexity index is 728. The summed E-state index contributed by atoms with van der Waals surface area (Å²) in [5, 5.41) is 14.7. The predicted molar refractivity (Wildman–Crippen MR) is 87.7 cm³/mol. The van der Waals surface area contributed by atoms with Gasteiger partial charge in [0.1, 0.15) is 0 Å². The number of thiocarbonyl (C=S) groups is 1. The van der Waals surface area contributed by atoms with Crippen LogP contribution in [0.4, 0.5) is 5.69 Å². The van der Waals surface area contributed by atoms with Gasteiger partial charge in [-0.2, -0.15) is 0 Å². The summed E-state index contributed by atoms with van der Waals surface area (Å²) in [5.74, 6) is 0. The van der Waals surface area contributed by atoms with Gasteiger partial charge in [0, 0.05) is 44.2 Å². The molecule has 1 atom stereocenters. The van der Waals surface area contributed by atoms with Crippen LogP contribution in [0, 0.1) is 10.1 Å². The number of aromatic nitrogens is 1. The summed E-state index contributed by atoms with van der Waals surface area (Å²) in [6.45, 7) is 1.60. The molecule has 1 aliphatic heterocycles. The minimum atomic E-state index is -0.369. The molecular formula is C15H16N4O2S. The fraction of sp³-hybridized carbons (Fsp3) is 0.267. The van der Waals surface area contributed by atoms with Crippen LogP contribution in [0.15, 0.2) is 42.6 Å². The maximum atomic E-state index is 11.1. The predicted octanol–water partition coefficient (Wildman–Crippen LogP) is 2.31. The number of hydrogen-bond acceptors (Lipinski definition) is 3. The third-order valence-electron chi connectivity index (χ3n) is 3.91. The van der Waals surface area contributed by atoms with Crippen LogP contribution in [-0.2, 0) is 6.54 Å². The molecule has 0 saturated heterocycles. The monoisotopic (exact) mass is 316 g/mol. The molecule has 0 radical (unpaired) electrons. The van der Waals surface area contributed by atoms with E-state index in [1.54, 1.807) is 19.2 Å². The van der Waals surface area contributed by atoms with Crippen LogP contribution < -0.4 is 5.32 Å². The van der Waals surface area contributed by atoms with Gasteiger partial charge in [-0.15, -0.1) is 0 Å². The summed E-state index contributed by atoms with van der Waals surface area (Å²) in [6, 6.07) is 10.7. The highest BCUT2D eigenvalue weighted by Gasteiger charge is 2.30. The Balaban J connectivity index is 2.09. The van der Waals surface area contributed by atoms with Crippen LogP contribution in [-0.4, -0.2) is 33.1 Å². The molecule has 7 heteroatoms. The van der Waals surface area contributed by atoms with Crippen molar-refractivity contribution in [3.05, 3.63) is 64.0 Å². The summed E-state index contributed by atoms with van der Waals surface area (Å²) in [6.07, 6.45) is 2.03.